The summed E-state index contributed by atoms with van der Waals surface area (Å²) in [6.07, 6.45) is 0. The Morgan fingerprint density at radius 1 is 0.793 bits per heavy atom. The van der Waals surface area contributed by atoms with Gasteiger partial charge in [0.05, 0.1) is 26.7 Å². The van der Waals surface area contributed by atoms with E-state index in [-0.39, 0.29) is 33.3 Å². The Hall–Kier alpha value is -4.14. The van der Waals surface area contributed by atoms with E-state index in [1.807, 2.05) is 6.07 Å². The van der Waals surface area contributed by atoms with Crippen molar-refractivity contribution in [1.29, 1.82) is 0 Å². The highest BCUT2D eigenvalue weighted by atomic mass is 16.6. The lowest BCUT2D eigenvalue weighted by Crippen LogP contribution is -2.41. The largest absolute Gasteiger partial charge is 0.270 e. The number of rotatable bonds is 3. The van der Waals surface area contributed by atoms with Crippen LogP contribution in [0.25, 0.3) is 10.8 Å². The van der Waals surface area contributed by atoms with Gasteiger partial charge in [0.25, 0.3) is 23.2 Å². The molecular formula is C20H13N3O6. The zero-order valence-electron chi connectivity index (χ0n) is 15.3. The molecule has 0 N–H and O–H groups in total. The van der Waals surface area contributed by atoms with Crippen LogP contribution in [0.4, 0.5) is 17.1 Å². The molecule has 4 rings (SSSR count). The fraction of sp³-hybridized carbons (Fsp3) is 0.100. The minimum Gasteiger partial charge on any atom is -0.268 e. The van der Waals surface area contributed by atoms with E-state index >= 15 is 0 Å². The maximum atomic E-state index is 13.2. The molecule has 9 heteroatoms. The van der Waals surface area contributed by atoms with E-state index in [0.29, 0.717) is 11.3 Å². The smallest absolute Gasteiger partial charge is 0.268 e. The third-order valence-corrected chi connectivity index (χ3v) is 4.91. The molecular weight excluding hydrogens is 378 g/mol. The Bertz CT molecular complexity index is 1210. The van der Waals surface area contributed by atoms with Crippen LogP contribution >= 0.6 is 0 Å². The topological polar surface area (TPSA) is 124 Å². The van der Waals surface area contributed by atoms with Crippen LogP contribution in [0.1, 0.15) is 31.8 Å². The fourth-order valence-corrected chi connectivity index (χ4v) is 3.54. The molecule has 0 bridgehead atoms. The second kappa shape index (κ2) is 6.20. The Labute approximate surface area is 163 Å². The van der Waals surface area contributed by atoms with Gasteiger partial charge >= 0.3 is 0 Å². The van der Waals surface area contributed by atoms with Crippen molar-refractivity contribution in [3.63, 3.8) is 0 Å². The molecule has 1 heterocycles. The molecule has 2 amide bonds. The second-order valence-corrected chi connectivity index (χ2v) is 6.83. The van der Waals surface area contributed by atoms with Crippen LogP contribution < -0.4 is 4.90 Å². The van der Waals surface area contributed by atoms with Crippen molar-refractivity contribution in [2.75, 3.05) is 4.90 Å². The summed E-state index contributed by atoms with van der Waals surface area (Å²) in [5.74, 6) is -1.42. The van der Waals surface area contributed by atoms with Crippen LogP contribution in [-0.4, -0.2) is 21.7 Å². The molecule has 0 atom stereocenters. The van der Waals surface area contributed by atoms with E-state index in [1.54, 1.807) is 26.0 Å². The highest BCUT2D eigenvalue weighted by molar-refractivity contribution is 6.36. The summed E-state index contributed by atoms with van der Waals surface area (Å²) in [6.45, 7) is 3.52. The molecule has 0 aliphatic carbocycles. The van der Waals surface area contributed by atoms with Gasteiger partial charge in [-0.15, -0.1) is 0 Å². The van der Waals surface area contributed by atoms with Crippen LogP contribution in [0.2, 0.25) is 0 Å². The third kappa shape index (κ3) is 2.71. The first kappa shape index (κ1) is 18.2. The number of benzene rings is 3. The molecule has 3 aromatic rings. The predicted octanol–water partition coefficient (Wildman–Crippen LogP) is 4.07. The molecule has 0 unspecified atom stereocenters. The molecule has 9 nitrogen and oxygen atoms in total. The molecule has 0 aromatic heterocycles. The van der Waals surface area contributed by atoms with Gasteiger partial charge in [0.1, 0.15) is 0 Å². The Kier molecular flexibility index (Phi) is 3.90. The van der Waals surface area contributed by atoms with Gasteiger partial charge in [0.15, 0.2) is 0 Å². The summed E-state index contributed by atoms with van der Waals surface area (Å²) in [5.41, 5.74) is 0.925. The van der Waals surface area contributed by atoms with Crippen molar-refractivity contribution in [3.8, 4) is 0 Å². The molecule has 0 fully saturated rings. The molecule has 1 aliphatic rings. The van der Waals surface area contributed by atoms with E-state index in [0.717, 1.165) is 34.7 Å². The van der Waals surface area contributed by atoms with Crippen LogP contribution in [-0.2, 0) is 0 Å². The van der Waals surface area contributed by atoms with Gasteiger partial charge in [-0.25, -0.2) is 4.90 Å². The number of imide groups is 1. The van der Waals surface area contributed by atoms with Crippen molar-refractivity contribution in [1.82, 2.24) is 0 Å². The number of nitro groups is 2. The van der Waals surface area contributed by atoms with Crippen LogP contribution in [0.5, 0.6) is 0 Å². The molecule has 144 valence electrons. The van der Waals surface area contributed by atoms with Crippen molar-refractivity contribution in [2.24, 2.45) is 0 Å². The molecule has 0 saturated carbocycles. The summed E-state index contributed by atoms with van der Waals surface area (Å²) in [5, 5.41) is 22.9. The molecule has 0 saturated heterocycles. The second-order valence-electron chi connectivity index (χ2n) is 6.83. The number of aryl methyl sites for hydroxylation is 2. The lowest BCUT2D eigenvalue weighted by atomic mass is 9.92. The first-order valence-electron chi connectivity index (χ1n) is 8.55. The number of hydrogen-bond acceptors (Lipinski definition) is 6. The van der Waals surface area contributed by atoms with Gasteiger partial charge < -0.3 is 0 Å². The van der Waals surface area contributed by atoms with E-state index in [2.05, 4.69) is 0 Å². The number of carbonyl (C=O) groups excluding carboxylic acids is 2. The number of nitrogens with zero attached hydrogens (tertiary/aromatic N) is 3. The standard InChI is InChI=1S/C20H13N3O6/c1-10-3-4-11(2)17(5-10)21-19(24)15-8-13(22(26)27)6-12-7-14(23(28)29)9-16(18(12)15)20(21)25/h3-9H,1-2H3. The van der Waals surface area contributed by atoms with Gasteiger partial charge in [-0.3, -0.25) is 29.8 Å². The lowest BCUT2D eigenvalue weighted by molar-refractivity contribution is -0.385. The van der Waals surface area contributed by atoms with E-state index < -0.39 is 21.7 Å². The number of amides is 2. The van der Waals surface area contributed by atoms with Crippen molar-refractivity contribution >= 4 is 39.6 Å². The molecule has 29 heavy (non-hydrogen) atoms. The summed E-state index contributed by atoms with van der Waals surface area (Å²) < 4.78 is 0. The van der Waals surface area contributed by atoms with E-state index in [1.165, 1.54) is 0 Å². The Morgan fingerprint density at radius 2 is 1.31 bits per heavy atom. The van der Waals surface area contributed by atoms with Crippen molar-refractivity contribution in [3.05, 3.63) is 84.9 Å². The number of nitro benzene ring substituents is 2. The zero-order valence-corrected chi connectivity index (χ0v) is 15.3. The maximum Gasteiger partial charge on any atom is 0.270 e. The fourth-order valence-electron chi connectivity index (χ4n) is 3.54. The van der Waals surface area contributed by atoms with Crippen LogP contribution in [0.15, 0.2) is 42.5 Å². The molecule has 0 spiro atoms. The van der Waals surface area contributed by atoms with Crippen LogP contribution in [0, 0.1) is 34.1 Å². The molecule has 1 aliphatic heterocycles. The highest BCUT2D eigenvalue weighted by Gasteiger charge is 2.37. The van der Waals surface area contributed by atoms with Gasteiger partial charge in [-0.1, -0.05) is 12.1 Å². The summed E-state index contributed by atoms with van der Waals surface area (Å²) in [6, 6.07) is 9.68. The Morgan fingerprint density at radius 3 is 1.79 bits per heavy atom. The number of hydrogen-bond donors (Lipinski definition) is 0. The summed E-state index contributed by atoms with van der Waals surface area (Å²) in [7, 11) is 0. The quantitative estimate of drug-likeness (QED) is 0.376. The van der Waals surface area contributed by atoms with Crippen molar-refractivity contribution in [2.45, 2.75) is 13.8 Å². The predicted molar refractivity (Wildman–Crippen MR) is 104 cm³/mol. The SMILES string of the molecule is Cc1ccc(C)c(N2C(=O)c3cc([N+](=O)[O-])cc4cc([N+](=O)[O-])cc(c34)C2=O)c1. The molecule has 0 radical (unpaired) electrons. The first-order chi connectivity index (χ1) is 13.7. The number of anilines is 1. The van der Waals surface area contributed by atoms with E-state index in [9.17, 15) is 29.8 Å². The lowest BCUT2D eigenvalue weighted by Gasteiger charge is -2.28. The number of non-ortho nitro benzene ring substituents is 2. The van der Waals surface area contributed by atoms with E-state index in [4.69, 9.17) is 0 Å². The zero-order chi connectivity index (χ0) is 21.0. The molecule has 3 aromatic carbocycles. The maximum absolute atomic E-state index is 13.2. The van der Waals surface area contributed by atoms with Gasteiger partial charge in [0.2, 0.25) is 0 Å². The average Bonchev–Trinajstić information content (AvgIpc) is 2.67. The summed E-state index contributed by atoms with van der Waals surface area (Å²) >= 11 is 0. The van der Waals surface area contributed by atoms with Gasteiger partial charge in [-0.05, 0) is 36.4 Å². The Balaban J connectivity index is 2.08. The monoisotopic (exact) mass is 391 g/mol. The van der Waals surface area contributed by atoms with Gasteiger partial charge in [-0.2, -0.15) is 0 Å². The third-order valence-electron chi connectivity index (χ3n) is 4.91. The van der Waals surface area contributed by atoms with Crippen LogP contribution in [0.3, 0.4) is 0 Å². The number of carbonyl (C=O) groups is 2. The minimum atomic E-state index is -0.709. The van der Waals surface area contributed by atoms with Gasteiger partial charge in [0, 0.05) is 29.7 Å². The summed E-state index contributed by atoms with van der Waals surface area (Å²) in [4.78, 5) is 48.7. The minimum absolute atomic E-state index is 0.0420. The highest BCUT2D eigenvalue weighted by Crippen LogP contribution is 2.38. The average molecular weight is 391 g/mol. The normalized spacial score (nSPS) is 13.1. The van der Waals surface area contributed by atoms with Crippen molar-refractivity contribution < 1.29 is 19.4 Å². The first-order valence-corrected chi connectivity index (χ1v) is 8.55.